The average molecular weight is 1330 g/mol. The number of benzene rings is 2. The fraction of sp³-hybridized carbons (Fsp3) is 0.508. The fourth-order valence-corrected chi connectivity index (χ4v) is 13.4. The molecule has 4 aromatic rings. The quantitative estimate of drug-likeness (QED) is 0.0249. The number of H-pyrrole nitrogens is 2. The van der Waals surface area contributed by atoms with Crippen LogP contribution in [0.25, 0.3) is 10.9 Å². The zero-order valence-electron chi connectivity index (χ0n) is 52.1. The first kappa shape index (κ1) is 71.2. The molecule has 0 radical (unpaired) electrons. The predicted molar refractivity (Wildman–Crippen MR) is 347 cm³/mol. The van der Waals surface area contributed by atoms with Crippen molar-refractivity contribution < 1.29 is 57.5 Å². The van der Waals surface area contributed by atoms with Crippen LogP contribution in [0, 0.1) is 5.92 Å². The average Bonchev–Trinajstić information content (AvgIpc) is 1.80. The van der Waals surface area contributed by atoms with Crippen molar-refractivity contribution in [1.82, 2.24) is 73.0 Å². The zero-order valence-corrected chi connectivity index (χ0v) is 53.7. The van der Waals surface area contributed by atoms with Crippen molar-refractivity contribution >= 4 is 109 Å². The van der Waals surface area contributed by atoms with Gasteiger partial charge >= 0.3 is 0 Å². The second-order valence-electron chi connectivity index (χ2n) is 23.4. The molecular formula is C61H84N18O12S2. The monoisotopic (exact) mass is 1320 g/mol. The van der Waals surface area contributed by atoms with E-state index in [1.807, 2.05) is 12.1 Å². The molecule has 93 heavy (non-hydrogen) atoms. The van der Waals surface area contributed by atoms with Gasteiger partial charge in [0.25, 0.3) is 0 Å². The largest absolute Gasteiger partial charge is 0.370 e. The van der Waals surface area contributed by atoms with Crippen LogP contribution in [-0.4, -0.2) is 188 Å². The lowest BCUT2D eigenvalue weighted by atomic mass is 10.0. The first-order valence-corrected chi connectivity index (χ1v) is 33.5. The van der Waals surface area contributed by atoms with Crippen LogP contribution >= 0.6 is 21.6 Å². The van der Waals surface area contributed by atoms with E-state index in [2.05, 4.69) is 73.1 Å². The van der Waals surface area contributed by atoms with Gasteiger partial charge in [0.05, 0.1) is 6.33 Å². The Bertz CT molecular complexity index is 3330. The summed E-state index contributed by atoms with van der Waals surface area (Å²) in [5.41, 5.74) is 19.2. The maximum atomic E-state index is 15.3. The molecule has 12 amide bonds. The number of aromatic nitrogens is 3. The van der Waals surface area contributed by atoms with Gasteiger partial charge in [-0.25, -0.2) is 4.98 Å². The van der Waals surface area contributed by atoms with Crippen molar-refractivity contribution in [3.05, 3.63) is 90.1 Å². The number of hydrogen-bond acceptors (Lipinski definition) is 16. The van der Waals surface area contributed by atoms with E-state index < -0.39 is 131 Å². The maximum absolute atomic E-state index is 15.3. The van der Waals surface area contributed by atoms with Crippen LogP contribution in [0.4, 0.5) is 0 Å². The minimum Gasteiger partial charge on any atom is -0.370 e. The number of imidazole rings is 1. The summed E-state index contributed by atoms with van der Waals surface area (Å²) >= 11 is 0. The lowest BCUT2D eigenvalue weighted by molar-refractivity contribution is -0.142. The Morgan fingerprint density at radius 3 is 2.03 bits per heavy atom. The highest BCUT2D eigenvalue weighted by atomic mass is 33.1. The Morgan fingerprint density at radius 1 is 0.688 bits per heavy atom. The minimum atomic E-state index is -1.53. The Hall–Kier alpha value is -9.20. The number of aliphatic imine (C=N–C) groups is 1. The van der Waals surface area contributed by atoms with Crippen molar-refractivity contribution in [2.45, 2.75) is 158 Å². The summed E-state index contributed by atoms with van der Waals surface area (Å²) in [4.78, 5) is 188. The molecule has 0 unspecified atom stereocenters. The van der Waals surface area contributed by atoms with Gasteiger partial charge in [0.15, 0.2) is 5.96 Å². The molecule has 7 rings (SSSR count). The van der Waals surface area contributed by atoms with Gasteiger partial charge in [-0.1, -0.05) is 84.0 Å². The molecule has 5 heterocycles. The SMILES string of the molecule is CC(=O)N[C@H]1CSSC[C@@H]2NC(=O)[C@H](Cc3c[nH]c4ccccc34)NC(=O)[C@H](CCCN=C(N)N)NC(=O)[C@@H](Cc3ccccc3)NC(=O)[C@H](Cc3cnc[nH]3)NC(=O)[C@H](CCC(=O)NCCCC[C@@H](C(=O)N3CCC[C@H]3C(=O)N[C@H](C(N)=O)C(C)C)NC2=O)NC1=O. The Kier molecular flexibility index (Phi) is 26.8. The van der Waals surface area contributed by atoms with E-state index in [0.717, 1.165) is 21.6 Å². The summed E-state index contributed by atoms with van der Waals surface area (Å²) < 4.78 is 0. The number of likely N-dealkylation sites (tertiary alicyclic amines) is 1. The van der Waals surface area contributed by atoms with Crippen molar-refractivity contribution in [2.24, 2.45) is 28.1 Å². The molecule has 18 N–H and O–H groups in total. The van der Waals surface area contributed by atoms with Crippen LogP contribution in [0.3, 0.4) is 0 Å². The highest BCUT2D eigenvalue weighted by Gasteiger charge is 2.41. The normalized spacial score (nSPS) is 24.2. The van der Waals surface area contributed by atoms with Gasteiger partial charge in [0.2, 0.25) is 70.9 Å². The lowest BCUT2D eigenvalue weighted by Crippen LogP contribution is -2.61. The maximum Gasteiger partial charge on any atom is 0.245 e. The Balaban J connectivity index is 1.34. The molecule has 0 saturated carbocycles. The predicted octanol–water partition coefficient (Wildman–Crippen LogP) is -2.04. The number of fused-ring (bicyclic) bond motifs is 9. The van der Waals surface area contributed by atoms with Gasteiger partial charge in [0.1, 0.15) is 60.4 Å². The number of amides is 12. The lowest BCUT2D eigenvalue weighted by Gasteiger charge is -2.31. The second-order valence-corrected chi connectivity index (χ2v) is 26.0. The molecule has 32 heteroatoms. The number of guanidine groups is 1. The molecular weight excluding hydrogens is 1240 g/mol. The minimum absolute atomic E-state index is 0.00749. The zero-order chi connectivity index (χ0) is 67.1. The summed E-state index contributed by atoms with van der Waals surface area (Å²) in [5, 5.41) is 28.2. The van der Waals surface area contributed by atoms with Gasteiger partial charge in [-0.2, -0.15) is 0 Å². The van der Waals surface area contributed by atoms with E-state index in [0.29, 0.717) is 34.1 Å². The molecule has 502 valence electrons. The fourth-order valence-electron chi connectivity index (χ4n) is 11.0. The number of nitrogens with two attached hydrogens (primary N) is 3. The number of carbonyl (C=O) groups excluding carboxylic acids is 12. The van der Waals surface area contributed by atoms with Crippen LogP contribution < -0.4 is 70.4 Å². The Labute approximate surface area is 545 Å². The molecule has 30 nitrogen and oxygen atoms in total. The molecule has 3 saturated heterocycles. The number of aromatic amines is 2. The van der Waals surface area contributed by atoms with Crippen LogP contribution in [0.15, 0.2) is 78.3 Å². The van der Waals surface area contributed by atoms with Gasteiger partial charge in [-0.15, -0.1) is 0 Å². The number of nitrogens with zero attached hydrogens (tertiary/aromatic N) is 3. The van der Waals surface area contributed by atoms with E-state index in [1.54, 1.807) is 62.5 Å². The summed E-state index contributed by atoms with van der Waals surface area (Å²) in [6.07, 6.45) is 4.22. The van der Waals surface area contributed by atoms with E-state index >= 15 is 14.4 Å². The first-order valence-electron chi connectivity index (χ1n) is 31.0. The van der Waals surface area contributed by atoms with Crippen molar-refractivity contribution in [3.8, 4) is 0 Å². The molecule has 3 fully saturated rings. The topological polar surface area (TPSA) is 463 Å². The van der Waals surface area contributed by atoms with E-state index in [1.165, 1.54) is 24.3 Å². The third-order valence-electron chi connectivity index (χ3n) is 16.0. The summed E-state index contributed by atoms with van der Waals surface area (Å²) in [6, 6.07) is 2.04. The van der Waals surface area contributed by atoms with Crippen LogP contribution in [0.5, 0.6) is 0 Å². The molecule has 2 aromatic heterocycles. The number of rotatable bonds is 16. The van der Waals surface area contributed by atoms with E-state index in [-0.39, 0.29) is 114 Å². The molecule has 0 aliphatic carbocycles. The molecule has 3 aliphatic rings. The molecule has 10 atom stereocenters. The molecule has 3 aliphatic heterocycles. The van der Waals surface area contributed by atoms with Crippen LogP contribution in [0.1, 0.15) is 95.4 Å². The summed E-state index contributed by atoms with van der Waals surface area (Å²) in [7, 11) is 2.00. The summed E-state index contributed by atoms with van der Waals surface area (Å²) in [6.45, 7) is 4.73. The number of hydrogen-bond donors (Lipinski definition) is 15. The molecule has 2 bridgehead atoms. The van der Waals surface area contributed by atoms with Gasteiger partial charge in [0, 0.05) is 92.7 Å². The van der Waals surface area contributed by atoms with E-state index in [9.17, 15) is 43.2 Å². The third-order valence-corrected chi connectivity index (χ3v) is 18.4. The standard InChI is InChI=1S/C61H84N18O12S2/c1-33(2)50(51(62)82)78-59(90)48-19-12-24-79(48)60(91)42-17-9-10-22-66-49(81)21-20-41-53(84)76-45(27-37-29-65-32-69-37)56(87)74-43(25-35-13-5-4-6-14-35)54(85)71-40(18-11-23-67-61(63)64)52(83)75-44(26-36-28-68-39-16-8-7-15-38(36)39)55(86)77-47(58(89)73-42)31-93-92-30-46(57(88)72-41)70-34(3)80/h4-8,13-16,28-29,32-33,40-48,50,68H,9-12,17-27,30-31H2,1-3H3,(H2,62,82)(H,65,69)(H,66,81)(H,70,80)(H,71,85)(H,72,88)(H,73,89)(H,74,87)(H,75,83)(H,76,84)(H,77,86)(H,78,90)(H4,63,64,67)/t40-,41-,42-,43+,44-,45-,46-,47-,48-,50-/m0/s1. The molecule has 0 spiro atoms. The first-order chi connectivity index (χ1) is 44.5. The van der Waals surface area contributed by atoms with Crippen LogP contribution in [-0.2, 0) is 76.8 Å². The van der Waals surface area contributed by atoms with Crippen molar-refractivity contribution in [2.75, 3.05) is 31.1 Å². The third kappa shape index (κ3) is 21.4. The van der Waals surface area contributed by atoms with Gasteiger partial charge in [-0.05, 0) is 74.5 Å². The van der Waals surface area contributed by atoms with Crippen LogP contribution in [0.2, 0.25) is 0 Å². The van der Waals surface area contributed by atoms with Gasteiger partial charge < -0.3 is 85.2 Å². The molecule has 2 aromatic carbocycles. The van der Waals surface area contributed by atoms with Gasteiger partial charge in [-0.3, -0.25) is 62.5 Å². The van der Waals surface area contributed by atoms with E-state index in [4.69, 9.17) is 17.2 Å². The number of carbonyl (C=O) groups is 12. The highest BCUT2D eigenvalue weighted by molar-refractivity contribution is 8.76. The second kappa shape index (κ2) is 35.0. The van der Waals surface area contributed by atoms with Crippen molar-refractivity contribution in [1.29, 1.82) is 0 Å². The number of para-hydroxylation sites is 1. The number of primary amides is 1. The highest BCUT2D eigenvalue weighted by Crippen LogP contribution is 2.26. The summed E-state index contributed by atoms with van der Waals surface area (Å²) in [5.74, 6) is -10.5. The smallest absolute Gasteiger partial charge is 0.245 e. The Morgan fingerprint density at radius 2 is 1.33 bits per heavy atom. The van der Waals surface area contributed by atoms with Crippen molar-refractivity contribution in [3.63, 3.8) is 0 Å². The number of nitrogens with one attached hydrogen (secondary N) is 12.